The largest absolute Gasteiger partial charge is 0.493 e. The molecule has 2 N–H and O–H groups in total. The Labute approximate surface area is 171 Å². The van der Waals surface area contributed by atoms with E-state index in [1.807, 2.05) is 49.5 Å². The first-order chi connectivity index (χ1) is 14.2. The van der Waals surface area contributed by atoms with Crippen LogP contribution in [0, 0.1) is 6.92 Å². The number of nitrogens with zero attached hydrogens (tertiary/aromatic N) is 3. The van der Waals surface area contributed by atoms with Crippen molar-refractivity contribution in [2.24, 2.45) is 4.99 Å². The highest BCUT2D eigenvalue weighted by Gasteiger charge is 2.05. The summed E-state index contributed by atoms with van der Waals surface area (Å²) in [4.78, 5) is 9.33. The van der Waals surface area contributed by atoms with E-state index in [1.54, 1.807) is 7.11 Å². The van der Waals surface area contributed by atoms with Crippen molar-refractivity contribution in [3.05, 3.63) is 60.0 Å². The molecule has 0 saturated carbocycles. The number of rotatable bonds is 9. The highest BCUT2D eigenvalue weighted by atomic mass is 16.5. The predicted octanol–water partition coefficient (Wildman–Crippen LogP) is 3.64. The first-order valence-electron chi connectivity index (χ1n) is 9.90. The number of nitrogens with one attached hydrogen (secondary N) is 2. The molecular formula is C22H29N5O2. The van der Waals surface area contributed by atoms with E-state index in [9.17, 15) is 0 Å². The molecule has 0 amide bonds. The number of benzene rings is 1. The average molecular weight is 396 g/mol. The Hall–Kier alpha value is -3.06. The molecule has 0 bridgehead atoms. The molecule has 29 heavy (non-hydrogen) atoms. The third kappa shape index (κ3) is 5.96. The van der Waals surface area contributed by atoms with E-state index in [1.165, 1.54) is 0 Å². The van der Waals surface area contributed by atoms with Gasteiger partial charge in [0.05, 0.1) is 18.8 Å². The van der Waals surface area contributed by atoms with Crippen molar-refractivity contribution in [3.63, 3.8) is 0 Å². The predicted molar refractivity (Wildman–Crippen MR) is 117 cm³/mol. The molecule has 0 spiro atoms. The normalized spacial score (nSPS) is 11.6. The molecule has 0 aliphatic rings. The van der Waals surface area contributed by atoms with E-state index in [0.717, 1.165) is 41.4 Å². The number of fused-ring (bicyclic) bond motifs is 1. The van der Waals surface area contributed by atoms with Gasteiger partial charge >= 0.3 is 0 Å². The van der Waals surface area contributed by atoms with Crippen LogP contribution in [-0.4, -0.2) is 42.2 Å². The third-order valence-corrected chi connectivity index (χ3v) is 4.35. The van der Waals surface area contributed by atoms with Gasteiger partial charge in [0.25, 0.3) is 0 Å². The van der Waals surface area contributed by atoms with Gasteiger partial charge in [-0.25, -0.2) is 9.98 Å². The van der Waals surface area contributed by atoms with Crippen LogP contribution in [0.2, 0.25) is 0 Å². The summed E-state index contributed by atoms with van der Waals surface area (Å²) in [7, 11) is 1.69. The molecule has 2 aromatic heterocycles. The fraction of sp³-hybridized carbons (Fsp3) is 0.364. The number of aliphatic imine (C=N–C) groups is 1. The van der Waals surface area contributed by atoms with Crippen molar-refractivity contribution < 1.29 is 9.47 Å². The Morgan fingerprint density at radius 2 is 2.03 bits per heavy atom. The number of pyridine rings is 1. The Bertz CT molecular complexity index is 951. The first kappa shape index (κ1) is 20.7. The second-order valence-electron chi connectivity index (χ2n) is 6.67. The molecule has 0 radical (unpaired) electrons. The number of aryl methyl sites for hydroxylation is 1. The van der Waals surface area contributed by atoms with Gasteiger partial charge in [-0.05, 0) is 38.1 Å². The lowest BCUT2D eigenvalue weighted by atomic mass is 10.3. The van der Waals surface area contributed by atoms with Crippen molar-refractivity contribution in [3.8, 4) is 5.75 Å². The van der Waals surface area contributed by atoms with E-state index in [0.29, 0.717) is 25.7 Å². The smallest absolute Gasteiger partial charge is 0.196 e. The van der Waals surface area contributed by atoms with E-state index in [2.05, 4.69) is 38.0 Å². The monoisotopic (exact) mass is 395 g/mol. The lowest BCUT2D eigenvalue weighted by Crippen LogP contribution is -2.30. The number of hydrogen-bond acceptors (Lipinski definition) is 4. The van der Waals surface area contributed by atoms with Gasteiger partial charge in [-0.1, -0.05) is 12.1 Å². The van der Waals surface area contributed by atoms with Crippen LogP contribution in [-0.2, 0) is 11.3 Å². The number of imidazole rings is 1. The minimum absolute atomic E-state index is 0.490. The van der Waals surface area contributed by atoms with Crippen molar-refractivity contribution in [2.45, 2.75) is 26.8 Å². The fourth-order valence-corrected chi connectivity index (χ4v) is 2.94. The quantitative estimate of drug-likeness (QED) is 0.329. The van der Waals surface area contributed by atoms with Gasteiger partial charge in [0.15, 0.2) is 5.96 Å². The van der Waals surface area contributed by atoms with Crippen LogP contribution in [0.1, 0.15) is 24.7 Å². The van der Waals surface area contributed by atoms with Gasteiger partial charge in [-0.3, -0.25) is 0 Å². The van der Waals surface area contributed by atoms with Gasteiger partial charge in [0, 0.05) is 50.3 Å². The molecule has 154 valence electrons. The van der Waals surface area contributed by atoms with Crippen LogP contribution in [0.15, 0.2) is 53.7 Å². The van der Waals surface area contributed by atoms with E-state index in [-0.39, 0.29) is 0 Å². The van der Waals surface area contributed by atoms with E-state index < -0.39 is 0 Å². The van der Waals surface area contributed by atoms with Gasteiger partial charge < -0.3 is 24.5 Å². The minimum atomic E-state index is 0.490. The molecule has 0 saturated heterocycles. The summed E-state index contributed by atoms with van der Waals surface area (Å²) in [6.07, 6.45) is 2.89. The molecule has 0 aliphatic carbocycles. The average Bonchev–Trinajstić information content (AvgIpc) is 3.15. The van der Waals surface area contributed by atoms with Crippen molar-refractivity contribution in [1.29, 1.82) is 0 Å². The summed E-state index contributed by atoms with van der Waals surface area (Å²) in [6, 6.07) is 13.9. The molecule has 0 atom stereocenters. The van der Waals surface area contributed by atoms with Crippen LogP contribution in [0.5, 0.6) is 5.75 Å². The number of methoxy groups -OCH3 is 1. The van der Waals surface area contributed by atoms with Gasteiger partial charge in [-0.2, -0.15) is 0 Å². The van der Waals surface area contributed by atoms with Crippen LogP contribution in [0.3, 0.4) is 0 Å². The number of hydrogen-bond donors (Lipinski definition) is 2. The fourth-order valence-electron chi connectivity index (χ4n) is 2.94. The van der Waals surface area contributed by atoms with Crippen molar-refractivity contribution >= 4 is 17.3 Å². The van der Waals surface area contributed by atoms with Crippen LogP contribution in [0.4, 0.5) is 5.69 Å². The highest BCUT2D eigenvalue weighted by molar-refractivity contribution is 5.93. The van der Waals surface area contributed by atoms with Gasteiger partial charge in [0.2, 0.25) is 0 Å². The molecule has 0 fully saturated rings. The third-order valence-electron chi connectivity index (χ3n) is 4.35. The molecule has 3 rings (SSSR count). The zero-order valence-electron chi connectivity index (χ0n) is 17.3. The second-order valence-corrected chi connectivity index (χ2v) is 6.67. The van der Waals surface area contributed by atoms with Crippen molar-refractivity contribution in [1.82, 2.24) is 14.7 Å². The standard InChI is InChI=1S/C22H29N5O2/c1-4-23-22(24-15-19-16-27-17(2)8-5-11-21(27)25-19)26-18-9-6-10-20(14-18)29-13-7-12-28-3/h5-6,8-11,14,16H,4,7,12-13,15H2,1-3H3,(H2,23,24,26). The highest BCUT2D eigenvalue weighted by Crippen LogP contribution is 2.17. The topological polar surface area (TPSA) is 72.2 Å². The zero-order chi connectivity index (χ0) is 20.5. The minimum Gasteiger partial charge on any atom is -0.493 e. The maximum atomic E-state index is 5.77. The summed E-state index contributed by atoms with van der Waals surface area (Å²) in [6.45, 7) is 6.68. The molecule has 0 unspecified atom stereocenters. The summed E-state index contributed by atoms with van der Waals surface area (Å²) >= 11 is 0. The van der Waals surface area contributed by atoms with Crippen LogP contribution < -0.4 is 15.4 Å². The maximum absolute atomic E-state index is 5.77. The van der Waals surface area contributed by atoms with Crippen LogP contribution >= 0.6 is 0 Å². The molecule has 2 heterocycles. The summed E-state index contributed by atoms with van der Waals surface area (Å²) < 4.78 is 12.9. The number of aromatic nitrogens is 2. The first-order valence-corrected chi connectivity index (χ1v) is 9.90. The molecule has 1 aromatic carbocycles. The number of guanidine groups is 1. The van der Waals surface area contributed by atoms with Gasteiger partial charge in [0.1, 0.15) is 11.4 Å². The Balaban J connectivity index is 1.66. The Kier molecular flexibility index (Phi) is 7.47. The Morgan fingerprint density at radius 3 is 2.83 bits per heavy atom. The van der Waals surface area contributed by atoms with Gasteiger partial charge in [-0.15, -0.1) is 0 Å². The lowest BCUT2D eigenvalue weighted by Gasteiger charge is -2.12. The second kappa shape index (κ2) is 10.5. The Morgan fingerprint density at radius 1 is 1.17 bits per heavy atom. The molecule has 3 aromatic rings. The van der Waals surface area contributed by atoms with E-state index in [4.69, 9.17) is 9.47 Å². The molecule has 7 nitrogen and oxygen atoms in total. The molecule has 0 aliphatic heterocycles. The zero-order valence-corrected chi connectivity index (χ0v) is 17.3. The SMILES string of the molecule is CCNC(=NCc1cn2c(C)cccc2n1)Nc1cccc(OCCCOC)c1. The summed E-state index contributed by atoms with van der Waals surface area (Å²) in [5.74, 6) is 1.52. The number of anilines is 1. The molecule has 7 heteroatoms. The van der Waals surface area contributed by atoms with Crippen LogP contribution in [0.25, 0.3) is 5.65 Å². The maximum Gasteiger partial charge on any atom is 0.196 e. The summed E-state index contributed by atoms with van der Waals surface area (Å²) in [5, 5.41) is 6.61. The lowest BCUT2D eigenvalue weighted by molar-refractivity contribution is 0.172. The van der Waals surface area contributed by atoms with Crippen molar-refractivity contribution in [2.75, 3.05) is 32.2 Å². The molecular weight excluding hydrogens is 366 g/mol. The van der Waals surface area contributed by atoms with E-state index >= 15 is 0 Å². The summed E-state index contributed by atoms with van der Waals surface area (Å²) in [5.41, 5.74) is 3.93. The number of ether oxygens (including phenoxy) is 2.